The van der Waals surface area contributed by atoms with Gasteiger partial charge in [-0.25, -0.2) is 0 Å². The van der Waals surface area contributed by atoms with Crippen molar-refractivity contribution in [2.24, 2.45) is 11.8 Å². The van der Waals surface area contributed by atoms with Gasteiger partial charge in [-0.1, -0.05) is 25.1 Å². The monoisotopic (exact) mass is 221 g/mol. The van der Waals surface area contributed by atoms with Crippen molar-refractivity contribution in [1.29, 1.82) is 0 Å². The average Bonchev–Trinajstić information content (AvgIpc) is 2.52. The van der Waals surface area contributed by atoms with E-state index in [1.807, 2.05) is 31.2 Å². The summed E-state index contributed by atoms with van der Waals surface area (Å²) in [7, 11) is 0. The molecule has 1 aliphatic rings. The van der Waals surface area contributed by atoms with Crippen LogP contribution in [0.4, 0.5) is 5.69 Å². The highest BCUT2D eigenvalue weighted by Crippen LogP contribution is 2.38. The van der Waals surface area contributed by atoms with E-state index in [1.54, 1.807) is 0 Å². The smallest absolute Gasteiger partial charge is 0.303 e. The van der Waals surface area contributed by atoms with Gasteiger partial charge in [0.25, 0.3) is 0 Å². The molecule has 0 aliphatic carbocycles. The van der Waals surface area contributed by atoms with E-state index in [4.69, 9.17) is 10.9 Å². The minimum atomic E-state index is -0.801. The van der Waals surface area contributed by atoms with Crippen molar-refractivity contribution in [1.82, 2.24) is 5.12 Å². The molecular formula is C11H15N3O2. The maximum absolute atomic E-state index is 10.7. The molecule has 0 saturated carbocycles. The van der Waals surface area contributed by atoms with Crippen LogP contribution in [0.25, 0.3) is 0 Å². The molecule has 1 aromatic rings. The molecule has 0 spiro atoms. The third kappa shape index (κ3) is 1.87. The van der Waals surface area contributed by atoms with Crippen LogP contribution >= 0.6 is 0 Å². The number of fused-ring (bicyclic) bond motifs is 1. The Hall–Kier alpha value is -1.59. The molecule has 0 saturated heterocycles. The predicted octanol–water partition coefficient (Wildman–Crippen LogP) is 1.35. The zero-order valence-electron chi connectivity index (χ0n) is 9.05. The van der Waals surface area contributed by atoms with Crippen LogP contribution in [0.3, 0.4) is 0 Å². The van der Waals surface area contributed by atoms with Crippen molar-refractivity contribution in [3.05, 3.63) is 29.8 Å². The maximum atomic E-state index is 10.7. The zero-order valence-corrected chi connectivity index (χ0v) is 9.05. The molecule has 0 radical (unpaired) electrons. The van der Waals surface area contributed by atoms with Gasteiger partial charge in [0.05, 0.1) is 11.7 Å². The Labute approximate surface area is 93.8 Å². The number of nitrogens with zero attached hydrogens (tertiary/aromatic N) is 1. The summed E-state index contributed by atoms with van der Waals surface area (Å²) in [5.74, 6) is 4.99. The summed E-state index contributed by atoms with van der Waals surface area (Å²) in [5.41, 5.74) is 5.03. The van der Waals surface area contributed by atoms with Crippen LogP contribution in [0.5, 0.6) is 0 Å². The number of carbonyl (C=O) groups is 1. The van der Waals surface area contributed by atoms with E-state index in [0.717, 1.165) is 11.3 Å². The number of hydrogen-bond donors (Lipinski definition) is 3. The third-order valence-electron chi connectivity index (χ3n) is 2.86. The summed E-state index contributed by atoms with van der Waals surface area (Å²) in [6.45, 7) is 1.89. The second-order valence-electron chi connectivity index (χ2n) is 4.13. The number of hydrazine groups is 2. The molecule has 1 heterocycles. The van der Waals surface area contributed by atoms with Gasteiger partial charge in [0.1, 0.15) is 0 Å². The Balaban J connectivity index is 2.24. The zero-order chi connectivity index (χ0) is 11.7. The lowest BCUT2D eigenvalue weighted by molar-refractivity contribution is -0.138. The van der Waals surface area contributed by atoms with Crippen molar-refractivity contribution in [2.75, 3.05) is 5.43 Å². The normalized spacial score (nSPS) is 21.2. The quantitative estimate of drug-likeness (QED) is 0.671. The number of hydrogen-bond acceptors (Lipinski definition) is 4. The third-order valence-corrected chi connectivity index (χ3v) is 2.86. The van der Waals surface area contributed by atoms with Gasteiger partial charge in [-0.15, -0.1) is 0 Å². The average molecular weight is 221 g/mol. The fourth-order valence-corrected chi connectivity index (χ4v) is 2.18. The highest BCUT2D eigenvalue weighted by Gasteiger charge is 2.33. The van der Waals surface area contributed by atoms with Crippen LogP contribution in [0, 0.1) is 5.92 Å². The molecule has 2 rings (SSSR count). The van der Waals surface area contributed by atoms with E-state index in [9.17, 15) is 4.79 Å². The largest absolute Gasteiger partial charge is 0.481 e. The SMILES string of the molecule is CC(CC(=O)O)C1c2ccccc2NN1N. The number of anilines is 1. The van der Waals surface area contributed by atoms with Crippen molar-refractivity contribution >= 4 is 11.7 Å². The first-order chi connectivity index (χ1) is 7.59. The number of nitrogens with one attached hydrogen (secondary N) is 1. The van der Waals surface area contributed by atoms with Gasteiger partial charge in [-0.3, -0.25) is 10.6 Å². The fourth-order valence-electron chi connectivity index (χ4n) is 2.18. The second-order valence-corrected chi connectivity index (χ2v) is 4.13. The van der Waals surface area contributed by atoms with E-state index in [2.05, 4.69) is 5.43 Å². The minimum absolute atomic E-state index is 0.0429. The van der Waals surface area contributed by atoms with Gasteiger partial charge < -0.3 is 10.5 Å². The molecule has 2 atom stereocenters. The number of rotatable bonds is 3. The molecular weight excluding hydrogens is 206 g/mol. The molecule has 1 aliphatic heterocycles. The van der Waals surface area contributed by atoms with E-state index >= 15 is 0 Å². The first kappa shape index (κ1) is 10.9. The number of aliphatic carboxylic acids is 1. The summed E-state index contributed by atoms with van der Waals surface area (Å²) in [6, 6.07) is 7.66. The molecule has 0 amide bonds. The lowest BCUT2D eigenvalue weighted by atomic mass is 9.92. The Morgan fingerprint density at radius 2 is 2.31 bits per heavy atom. The van der Waals surface area contributed by atoms with Crippen molar-refractivity contribution in [3.63, 3.8) is 0 Å². The first-order valence-electron chi connectivity index (χ1n) is 5.21. The topological polar surface area (TPSA) is 78.6 Å². The molecule has 1 aromatic carbocycles. The number of para-hydroxylation sites is 1. The molecule has 5 heteroatoms. The summed E-state index contributed by atoms with van der Waals surface area (Å²) in [4.78, 5) is 10.7. The summed E-state index contributed by atoms with van der Waals surface area (Å²) in [5, 5.41) is 10.3. The number of benzene rings is 1. The van der Waals surface area contributed by atoms with E-state index in [1.165, 1.54) is 5.12 Å². The Kier molecular flexibility index (Phi) is 2.80. The van der Waals surface area contributed by atoms with Crippen LogP contribution < -0.4 is 11.3 Å². The van der Waals surface area contributed by atoms with Crippen molar-refractivity contribution in [3.8, 4) is 0 Å². The minimum Gasteiger partial charge on any atom is -0.481 e. The van der Waals surface area contributed by atoms with Gasteiger partial charge in [0.15, 0.2) is 0 Å². The fraction of sp³-hybridized carbons (Fsp3) is 0.364. The molecule has 2 unspecified atom stereocenters. The summed E-state index contributed by atoms with van der Waals surface area (Å²) in [6.07, 6.45) is 0.106. The van der Waals surface area contributed by atoms with E-state index < -0.39 is 5.97 Å². The predicted molar refractivity (Wildman–Crippen MR) is 60.2 cm³/mol. The van der Waals surface area contributed by atoms with Crippen LogP contribution in [0.2, 0.25) is 0 Å². The van der Waals surface area contributed by atoms with Crippen molar-refractivity contribution in [2.45, 2.75) is 19.4 Å². The van der Waals surface area contributed by atoms with Gasteiger partial charge >= 0.3 is 5.97 Å². The van der Waals surface area contributed by atoms with Gasteiger partial charge in [0.2, 0.25) is 0 Å². The lowest BCUT2D eigenvalue weighted by Crippen LogP contribution is -2.38. The Bertz CT molecular complexity index is 408. The molecule has 16 heavy (non-hydrogen) atoms. The maximum Gasteiger partial charge on any atom is 0.303 e. The Morgan fingerprint density at radius 1 is 1.62 bits per heavy atom. The van der Waals surface area contributed by atoms with Crippen LogP contribution in [-0.4, -0.2) is 16.2 Å². The van der Waals surface area contributed by atoms with Crippen LogP contribution in [0.15, 0.2) is 24.3 Å². The molecule has 5 nitrogen and oxygen atoms in total. The van der Waals surface area contributed by atoms with Gasteiger partial charge in [0, 0.05) is 6.42 Å². The van der Waals surface area contributed by atoms with E-state index in [0.29, 0.717) is 0 Å². The first-order valence-corrected chi connectivity index (χ1v) is 5.21. The van der Waals surface area contributed by atoms with Crippen LogP contribution in [0.1, 0.15) is 24.9 Å². The van der Waals surface area contributed by atoms with Gasteiger partial charge in [-0.05, 0) is 17.5 Å². The number of nitrogens with two attached hydrogens (primary N) is 1. The van der Waals surface area contributed by atoms with Crippen LogP contribution in [-0.2, 0) is 4.79 Å². The molecule has 4 N–H and O–H groups in total. The molecule has 86 valence electrons. The molecule has 0 aromatic heterocycles. The highest BCUT2D eigenvalue weighted by atomic mass is 16.4. The summed E-state index contributed by atoms with van der Waals surface area (Å²) < 4.78 is 0. The highest BCUT2D eigenvalue weighted by molar-refractivity contribution is 5.67. The lowest BCUT2D eigenvalue weighted by Gasteiger charge is -2.24. The number of carboxylic acid groups (broad SMARTS) is 1. The number of carboxylic acids is 1. The van der Waals surface area contributed by atoms with E-state index in [-0.39, 0.29) is 18.4 Å². The standard InChI is InChI=1S/C11H15N3O2/c1-7(6-10(15)16)11-8-4-2-3-5-9(8)13-14(11)12/h2-5,7,11,13H,6,12H2,1H3,(H,15,16). The summed E-state index contributed by atoms with van der Waals surface area (Å²) >= 11 is 0. The van der Waals surface area contributed by atoms with Crippen molar-refractivity contribution < 1.29 is 9.90 Å². The molecule has 0 bridgehead atoms. The van der Waals surface area contributed by atoms with Gasteiger partial charge in [-0.2, -0.15) is 5.12 Å². The second kappa shape index (κ2) is 4.11. The Morgan fingerprint density at radius 3 is 3.00 bits per heavy atom. The molecule has 0 fully saturated rings.